The average Bonchev–Trinajstić information content (AvgIpc) is 2.45. The van der Waals surface area contributed by atoms with Crippen molar-refractivity contribution in [3.05, 3.63) is 29.6 Å². The van der Waals surface area contributed by atoms with Crippen molar-refractivity contribution in [3.63, 3.8) is 0 Å². The molecular formula is C15H21FN2O3S. The van der Waals surface area contributed by atoms with Crippen LogP contribution in [-0.2, 0) is 14.8 Å². The summed E-state index contributed by atoms with van der Waals surface area (Å²) < 4.78 is 40.2. The van der Waals surface area contributed by atoms with Gasteiger partial charge in [-0.3, -0.25) is 4.79 Å². The first-order valence-corrected chi connectivity index (χ1v) is 8.79. The van der Waals surface area contributed by atoms with Crippen LogP contribution in [0.3, 0.4) is 0 Å². The first-order valence-electron chi connectivity index (χ1n) is 7.31. The Morgan fingerprint density at radius 1 is 1.36 bits per heavy atom. The predicted octanol–water partition coefficient (Wildman–Crippen LogP) is 1.67. The van der Waals surface area contributed by atoms with Crippen molar-refractivity contribution in [2.45, 2.75) is 31.6 Å². The maximum absolute atomic E-state index is 13.1. The van der Waals surface area contributed by atoms with E-state index in [0.717, 1.165) is 18.9 Å². The first kappa shape index (κ1) is 16.9. The lowest BCUT2D eigenvalue weighted by Gasteiger charge is -2.31. The number of carbonyl (C=O) groups excluding carboxylic acids is 1. The standard InChI is InChI=1S/C15H21FN2O3S/c1-11-9-14(16)3-4-15(11)22(20,21)17-10-13-5-7-18(8-6-13)12(2)19/h3-4,9,13,17H,5-8,10H2,1-2H3. The Morgan fingerprint density at radius 2 is 2.00 bits per heavy atom. The highest BCUT2D eigenvalue weighted by molar-refractivity contribution is 7.89. The highest BCUT2D eigenvalue weighted by Gasteiger charge is 2.23. The summed E-state index contributed by atoms with van der Waals surface area (Å²) in [4.78, 5) is 13.1. The molecule has 0 spiro atoms. The second kappa shape index (κ2) is 6.75. The molecule has 0 aromatic heterocycles. The van der Waals surface area contributed by atoms with Crippen LogP contribution >= 0.6 is 0 Å². The van der Waals surface area contributed by atoms with Crippen molar-refractivity contribution in [1.82, 2.24) is 9.62 Å². The molecule has 22 heavy (non-hydrogen) atoms. The van der Waals surface area contributed by atoms with Crippen molar-refractivity contribution >= 4 is 15.9 Å². The number of halogens is 1. The molecule has 5 nitrogen and oxygen atoms in total. The molecule has 0 atom stereocenters. The monoisotopic (exact) mass is 328 g/mol. The highest BCUT2D eigenvalue weighted by Crippen LogP contribution is 2.19. The normalized spacial score (nSPS) is 16.8. The lowest BCUT2D eigenvalue weighted by atomic mass is 9.97. The van der Waals surface area contributed by atoms with Crippen molar-refractivity contribution in [2.24, 2.45) is 5.92 Å². The average molecular weight is 328 g/mol. The molecule has 0 aliphatic carbocycles. The van der Waals surface area contributed by atoms with E-state index in [2.05, 4.69) is 4.72 Å². The third-order valence-electron chi connectivity index (χ3n) is 4.05. The fourth-order valence-corrected chi connectivity index (χ4v) is 4.01. The molecule has 7 heteroatoms. The second-order valence-corrected chi connectivity index (χ2v) is 7.45. The number of amides is 1. The molecule has 1 saturated heterocycles. The van der Waals surface area contributed by atoms with E-state index < -0.39 is 15.8 Å². The molecule has 122 valence electrons. The van der Waals surface area contributed by atoms with Crippen molar-refractivity contribution in [1.29, 1.82) is 0 Å². The molecule has 0 unspecified atom stereocenters. The summed E-state index contributed by atoms with van der Waals surface area (Å²) in [6.07, 6.45) is 1.56. The third-order valence-corrected chi connectivity index (χ3v) is 5.63. The van der Waals surface area contributed by atoms with Crippen LogP contribution in [0.1, 0.15) is 25.3 Å². The Hall–Kier alpha value is -1.47. The second-order valence-electron chi connectivity index (χ2n) is 5.71. The summed E-state index contributed by atoms with van der Waals surface area (Å²) in [5.41, 5.74) is 0.388. The van der Waals surface area contributed by atoms with Gasteiger partial charge in [0.05, 0.1) is 4.90 Å². The minimum Gasteiger partial charge on any atom is -0.343 e. The number of hydrogen-bond donors (Lipinski definition) is 1. The molecular weight excluding hydrogens is 307 g/mol. The molecule has 1 aromatic rings. The number of sulfonamides is 1. The Labute approximate surface area is 130 Å². The number of rotatable bonds is 4. The minimum atomic E-state index is -3.63. The number of piperidine rings is 1. The van der Waals surface area contributed by atoms with Gasteiger partial charge in [0, 0.05) is 26.6 Å². The lowest BCUT2D eigenvalue weighted by molar-refractivity contribution is -0.130. The molecule has 0 saturated carbocycles. The number of carbonyl (C=O) groups is 1. The number of aryl methyl sites for hydroxylation is 1. The van der Waals surface area contributed by atoms with Gasteiger partial charge >= 0.3 is 0 Å². The minimum absolute atomic E-state index is 0.0565. The molecule has 2 rings (SSSR count). The summed E-state index contributed by atoms with van der Waals surface area (Å²) in [6, 6.07) is 3.64. The zero-order chi connectivity index (χ0) is 16.3. The van der Waals surface area contributed by atoms with Gasteiger partial charge in [0.2, 0.25) is 15.9 Å². The summed E-state index contributed by atoms with van der Waals surface area (Å²) in [5, 5.41) is 0. The van der Waals surface area contributed by atoms with E-state index in [1.165, 1.54) is 12.1 Å². The molecule has 1 amide bonds. The Morgan fingerprint density at radius 3 is 2.55 bits per heavy atom. The quantitative estimate of drug-likeness (QED) is 0.914. The predicted molar refractivity (Wildman–Crippen MR) is 81.3 cm³/mol. The maximum Gasteiger partial charge on any atom is 0.240 e. The number of hydrogen-bond acceptors (Lipinski definition) is 3. The first-order chi connectivity index (χ1) is 10.3. The molecule has 0 radical (unpaired) electrons. The Bertz CT molecular complexity index is 653. The van der Waals surface area contributed by atoms with Crippen LogP contribution in [0.15, 0.2) is 23.1 Å². The van der Waals surface area contributed by atoms with Gasteiger partial charge < -0.3 is 4.90 Å². The topological polar surface area (TPSA) is 66.5 Å². The van der Waals surface area contributed by atoms with Crippen LogP contribution < -0.4 is 4.72 Å². The molecule has 0 bridgehead atoms. The smallest absolute Gasteiger partial charge is 0.240 e. The molecule has 1 fully saturated rings. The molecule has 1 heterocycles. The van der Waals surface area contributed by atoms with Crippen LogP contribution in [0, 0.1) is 18.7 Å². The summed E-state index contributed by atoms with van der Waals surface area (Å²) in [5.74, 6) is -0.180. The van der Waals surface area contributed by atoms with Gasteiger partial charge in [-0.05, 0) is 49.4 Å². The summed E-state index contributed by atoms with van der Waals surface area (Å²) in [6.45, 7) is 4.78. The van der Waals surface area contributed by atoms with Crippen LogP contribution in [0.4, 0.5) is 4.39 Å². The van der Waals surface area contributed by atoms with Gasteiger partial charge in [-0.2, -0.15) is 0 Å². The van der Waals surface area contributed by atoms with Gasteiger partial charge in [-0.25, -0.2) is 17.5 Å². The zero-order valence-electron chi connectivity index (χ0n) is 12.8. The third kappa shape index (κ3) is 4.04. The maximum atomic E-state index is 13.1. The fraction of sp³-hybridized carbons (Fsp3) is 0.533. The number of nitrogens with one attached hydrogen (secondary N) is 1. The molecule has 1 aromatic carbocycles. The summed E-state index contributed by atoms with van der Waals surface area (Å²) in [7, 11) is -3.63. The molecule has 1 N–H and O–H groups in total. The largest absolute Gasteiger partial charge is 0.343 e. The zero-order valence-corrected chi connectivity index (χ0v) is 13.6. The van der Waals surface area contributed by atoms with E-state index >= 15 is 0 Å². The van der Waals surface area contributed by atoms with Gasteiger partial charge in [-0.15, -0.1) is 0 Å². The Kier molecular flexibility index (Phi) is 5.18. The van der Waals surface area contributed by atoms with E-state index in [1.807, 2.05) is 0 Å². The Balaban J connectivity index is 1.95. The van der Waals surface area contributed by atoms with Crippen molar-refractivity contribution in [2.75, 3.05) is 19.6 Å². The number of benzene rings is 1. The van der Waals surface area contributed by atoms with Crippen molar-refractivity contribution < 1.29 is 17.6 Å². The fourth-order valence-electron chi connectivity index (χ4n) is 2.67. The van der Waals surface area contributed by atoms with Crippen LogP contribution in [0.5, 0.6) is 0 Å². The van der Waals surface area contributed by atoms with Crippen LogP contribution in [-0.4, -0.2) is 38.9 Å². The summed E-state index contributed by atoms with van der Waals surface area (Å²) >= 11 is 0. The highest BCUT2D eigenvalue weighted by atomic mass is 32.2. The van der Waals surface area contributed by atoms with Gasteiger partial charge in [0.15, 0.2) is 0 Å². The van der Waals surface area contributed by atoms with Gasteiger partial charge in [0.25, 0.3) is 0 Å². The SMILES string of the molecule is CC(=O)N1CCC(CNS(=O)(=O)c2ccc(F)cc2C)CC1. The van der Waals surface area contributed by atoms with E-state index in [1.54, 1.807) is 18.7 Å². The van der Waals surface area contributed by atoms with E-state index in [0.29, 0.717) is 25.2 Å². The lowest BCUT2D eigenvalue weighted by Crippen LogP contribution is -2.40. The van der Waals surface area contributed by atoms with Crippen LogP contribution in [0.25, 0.3) is 0 Å². The van der Waals surface area contributed by atoms with Gasteiger partial charge in [0.1, 0.15) is 5.82 Å². The van der Waals surface area contributed by atoms with Gasteiger partial charge in [-0.1, -0.05) is 0 Å². The van der Waals surface area contributed by atoms with E-state index in [-0.39, 0.29) is 16.7 Å². The van der Waals surface area contributed by atoms with E-state index in [4.69, 9.17) is 0 Å². The molecule has 1 aliphatic rings. The van der Waals surface area contributed by atoms with E-state index in [9.17, 15) is 17.6 Å². The van der Waals surface area contributed by atoms with Crippen molar-refractivity contribution in [3.8, 4) is 0 Å². The number of likely N-dealkylation sites (tertiary alicyclic amines) is 1. The molecule has 1 aliphatic heterocycles. The van der Waals surface area contributed by atoms with Crippen LogP contribution in [0.2, 0.25) is 0 Å². The number of nitrogens with zero attached hydrogens (tertiary/aromatic N) is 1.